The summed E-state index contributed by atoms with van der Waals surface area (Å²) in [6, 6.07) is 7.68. The molecule has 31 heavy (non-hydrogen) atoms. The van der Waals surface area contributed by atoms with E-state index in [4.69, 9.17) is 46.4 Å². The van der Waals surface area contributed by atoms with Crippen molar-refractivity contribution in [2.24, 2.45) is 11.7 Å². The number of nitrogens with one attached hydrogen (secondary N) is 2. The van der Waals surface area contributed by atoms with Crippen molar-refractivity contribution in [3.63, 3.8) is 0 Å². The van der Waals surface area contributed by atoms with Gasteiger partial charge in [0.2, 0.25) is 12.5 Å². The lowest BCUT2D eigenvalue weighted by Gasteiger charge is -2.38. The number of hydrogen-bond donors (Lipinski definition) is 3. The number of methoxy groups -OCH3 is 3. The Balaban J connectivity index is 1.84. The number of fused-ring (bicyclic) bond motifs is 2. The fourth-order valence-corrected chi connectivity index (χ4v) is 4.11. The summed E-state index contributed by atoms with van der Waals surface area (Å²) >= 11 is 4.93. The molecule has 0 unspecified atom stereocenters. The standard InChI is InChI=1S/C21H25N3O6S/c1-10-18(11-5-16(25-2)19(27-4)17(6-11)26-3)12-7-14-15(29-9-28-14)8-13(12)30-20(10)23-24-21(22)31/h5-8,10,18,20,23H,9H2,1-4H3,(H3,22,24,31)/t10-,18+,20-/m0/s1. The highest BCUT2D eigenvalue weighted by Crippen LogP contribution is 2.51. The Morgan fingerprint density at radius 2 is 1.65 bits per heavy atom. The van der Waals surface area contributed by atoms with E-state index in [1.165, 1.54) is 0 Å². The van der Waals surface area contributed by atoms with Crippen molar-refractivity contribution in [3.8, 4) is 34.5 Å². The number of hydrogen-bond acceptors (Lipinski definition) is 8. The van der Waals surface area contributed by atoms with Crippen LogP contribution in [0.3, 0.4) is 0 Å². The topological polar surface area (TPSA) is 105 Å². The second-order valence-electron chi connectivity index (χ2n) is 7.21. The molecule has 10 heteroatoms. The molecule has 0 fully saturated rings. The van der Waals surface area contributed by atoms with Crippen LogP contribution in [0, 0.1) is 5.92 Å². The normalized spacial score (nSPS) is 21.0. The number of ether oxygens (including phenoxy) is 6. The Morgan fingerprint density at radius 1 is 1.00 bits per heavy atom. The van der Waals surface area contributed by atoms with Crippen LogP contribution < -0.4 is 45.0 Å². The molecule has 2 heterocycles. The highest BCUT2D eigenvalue weighted by molar-refractivity contribution is 7.80. The monoisotopic (exact) mass is 447 g/mol. The molecule has 0 amide bonds. The molecule has 2 aliphatic heterocycles. The lowest BCUT2D eigenvalue weighted by atomic mass is 9.78. The van der Waals surface area contributed by atoms with Gasteiger partial charge in [-0.25, -0.2) is 0 Å². The number of nitrogens with two attached hydrogens (primary N) is 1. The Labute approximate surface area is 185 Å². The largest absolute Gasteiger partial charge is 0.493 e. The molecule has 0 aromatic heterocycles. The average molecular weight is 448 g/mol. The van der Waals surface area contributed by atoms with Gasteiger partial charge in [-0.3, -0.25) is 5.43 Å². The summed E-state index contributed by atoms with van der Waals surface area (Å²) in [4.78, 5) is 0. The molecule has 2 aromatic carbocycles. The highest BCUT2D eigenvalue weighted by atomic mass is 32.1. The van der Waals surface area contributed by atoms with Gasteiger partial charge in [-0.15, -0.1) is 0 Å². The quantitative estimate of drug-likeness (QED) is 0.451. The minimum absolute atomic E-state index is 0.0440. The molecule has 4 rings (SSSR count). The third-order valence-corrected chi connectivity index (χ3v) is 5.58. The number of rotatable bonds is 6. The van der Waals surface area contributed by atoms with E-state index in [0.29, 0.717) is 34.5 Å². The summed E-state index contributed by atoms with van der Waals surface area (Å²) in [6.45, 7) is 2.24. The molecule has 0 radical (unpaired) electrons. The first-order valence-electron chi connectivity index (χ1n) is 9.67. The molecule has 2 aliphatic rings. The van der Waals surface area contributed by atoms with Gasteiger partial charge in [-0.1, -0.05) is 6.92 Å². The van der Waals surface area contributed by atoms with E-state index in [1.807, 2.05) is 24.3 Å². The van der Waals surface area contributed by atoms with Gasteiger partial charge in [0.05, 0.1) is 21.3 Å². The fourth-order valence-electron chi connectivity index (χ4n) is 4.05. The lowest BCUT2D eigenvalue weighted by molar-refractivity contribution is 0.0725. The van der Waals surface area contributed by atoms with Gasteiger partial charge in [-0.05, 0) is 36.0 Å². The van der Waals surface area contributed by atoms with Gasteiger partial charge >= 0.3 is 0 Å². The van der Waals surface area contributed by atoms with Crippen molar-refractivity contribution < 1.29 is 28.4 Å². The van der Waals surface area contributed by atoms with Gasteiger partial charge in [-0.2, -0.15) is 5.43 Å². The zero-order valence-corrected chi connectivity index (χ0v) is 18.5. The van der Waals surface area contributed by atoms with Gasteiger partial charge in [0.25, 0.3) is 0 Å². The van der Waals surface area contributed by atoms with Crippen molar-refractivity contribution in [2.75, 3.05) is 28.1 Å². The van der Waals surface area contributed by atoms with E-state index in [-0.39, 0.29) is 23.7 Å². The van der Waals surface area contributed by atoms with E-state index in [1.54, 1.807) is 21.3 Å². The van der Waals surface area contributed by atoms with Crippen LogP contribution >= 0.6 is 12.2 Å². The number of benzene rings is 2. The van der Waals surface area contributed by atoms with Crippen molar-refractivity contribution in [1.82, 2.24) is 10.9 Å². The maximum absolute atomic E-state index is 6.22. The maximum Gasteiger partial charge on any atom is 0.231 e. The van der Waals surface area contributed by atoms with E-state index >= 15 is 0 Å². The molecular formula is C21H25N3O6S. The summed E-state index contributed by atoms with van der Waals surface area (Å²) in [7, 11) is 4.77. The van der Waals surface area contributed by atoms with E-state index < -0.39 is 6.23 Å². The smallest absolute Gasteiger partial charge is 0.231 e. The zero-order chi connectivity index (χ0) is 22.1. The lowest BCUT2D eigenvalue weighted by Crippen LogP contribution is -2.54. The Kier molecular flexibility index (Phi) is 5.84. The average Bonchev–Trinajstić information content (AvgIpc) is 3.22. The highest BCUT2D eigenvalue weighted by Gasteiger charge is 2.39. The van der Waals surface area contributed by atoms with E-state index in [2.05, 4.69) is 17.8 Å². The summed E-state index contributed by atoms with van der Waals surface area (Å²) < 4.78 is 34.0. The summed E-state index contributed by atoms with van der Waals surface area (Å²) in [5, 5.41) is 0.122. The van der Waals surface area contributed by atoms with Crippen LogP contribution in [0.4, 0.5) is 0 Å². The first kappa shape index (κ1) is 21.1. The molecule has 3 atom stereocenters. The Morgan fingerprint density at radius 3 is 2.23 bits per heavy atom. The van der Waals surface area contributed by atoms with Crippen LogP contribution in [0.25, 0.3) is 0 Å². The van der Waals surface area contributed by atoms with Crippen LogP contribution in [0.2, 0.25) is 0 Å². The molecule has 0 bridgehead atoms. The van der Waals surface area contributed by atoms with Crippen molar-refractivity contribution >= 4 is 17.3 Å². The second-order valence-corrected chi connectivity index (χ2v) is 7.65. The van der Waals surface area contributed by atoms with Crippen LogP contribution in [0.15, 0.2) is 24.3 Å². The Hall–Kier alpha value is -3.11. The summed E-state index contributed by atoms with van der Waals surface area (Å²) in [6.07, 6.45) is -0.432. The maximum atomic E-state index is 6.22. The summed E-state index contributed by atoms with van der Waals surface area (Å²) in [5.74, 6) is 3.52. The van der Waals surface area contributed by atoms with E-state index in [9.17, 15) is 0 Å². The van der Waals surface area contributed by atoms with Crippen LogP contribution in [0.5, 0.6) is 34.5 Å². The minimum atomic E-state index is -0.432. The molecule has 166 valence electrons. The molecule has 0 saturated carbocycles. The molecule has 4 N–H and O–H groups in total. The number of hydrazine groups is 1. The molecule has 0 spiro atoms. The fraction of sp³-hybridized carbons (Fsp3) is 0.381. The minimum Gasteiger partial charge on any atom is -0.493 e. The van der Waals surface area contributed by atoms with Crippen molar-refractivity contribution in [1.29, 1.82) is 0 Å². The number of thiocarbonyl (C=S) groups is 1. The predicted octanol–water partition coefficient (Wildman–Crippen LogP) is 2.27. The third kappa shape index (κ3) is 3.84. The first-order valence-corrected chi connectivity index (χ1v) is 10.1. The van der Waals surface area contributed by atoms with Crippen LogP contribution in [-0.4, -0.2) is 39.5 Å². The molecular weight excluding hydrogens is 422 g/mol. The van der Waals surface area contributed by atoms with Gasteiger partial charge < -0.3 is 34.2 Å². The third-order valence-electron chi connectivity index (χ3n) is 5.48. The summed E-state index contributed by atoms with van der Waals surface area (Å²) in [5.41, 5.74) is 13.4. The second kappa shape index (κ2) is 8.56. The van der Waals surface area contributed by atoms with E-state index in [0.717, 1.165) is 11.1 Å². The van der Waals surface area contributed by atoms with Crippen molar-refractivity contribution in [2.45, 2.75) is 19.1 Å². The van der Waals surface area contributed by atoms with Crippen LogP contribution in [-0.2, 0) is 0 Å². The SMILES string of the molecule is COc1cc([C@@H]2c3cc4c(cc3O[C@H](NNC(N)=S)[C@H]2C)OCO4)cc(OC)c1OC. The molecule has 2 aromatic rings. The first-order chi connectivity index (χ1) is 15.0. The zero-order valence-electron chi connectivity index (χ0n) is 17.7. The van der Waals surface area contributed by atoms with Gasteiger partial charge in [0.1, 0.15) is 5.75 Å². The Bertz CT molecular complexity index is 976. The van der Waals surface area contributed by atoms with Crippen LogP contribution in [0.1, 0.15) is 24.0 Å². The van der Waals surface area contributed by atoms with Gasteiger partial charge in [0, 0.05) is 23.5 Å². The molecule has 0 aliphatic carbocycles. The molecule has 9 nitrogen and oxygen atoms in total. The predicted molar refractivity (Wildman–Crippen MR) is 117 cm³/mol. The van der Waals surface area contributed by atoms with Gasteiger partial charge in [0.15, 0.2) is 34.3 Å². The molecule has 0 saturated heterocycles. The van der Waals surface area contributed by atoms with Crippen molar-refractivity contribution in [3.05, 3.63) is 35.4 Å².